The summed E-state index contributed by atoms with van der Waals surface area (Å²) in [5, 5.41) is 5.42. The number of rotatable bonds is 6. The molecule has 2 rings (SSSR count). The van der Waals surface area contributed by atoms with Crippen LogP contribution < -0.4 is 10.6 Å². The molecule has 0 radical (unpaired) electrons. The smallest absolute Gasteiger partial charge is 0.326 e. The van der Waals surface area contributed by atoms with Crippen LogP contribution in [0.5, 0.6) is 0 Å². The first kappa shape index (κ1) is 20.9. The zero-order valence-electron chi connectivity index (χ0n) is 14.9. The predicted octanol–water partition coefficient (Wildman–Crippen LogP) is 1.90. The van der Waals surface area contributed by atoms with Crippen molar-refractivity contribution in [3.8, 4) is 0 Å². The number of hydrogen-bond donors (Lipinski definition) is 2. The first-order valence-corrected chi connectivity index (χ1v) is 8.74. The van der Waals surface area contributed by atoms with Crippen LogP contribution in [0, 0.1) is 6.92 Å². The Bertz CT molecular complexity index is 816. The average molecular weight is 417 g/mol. The van der Waals surface area contributed by atoms with Gasteiger partial charge in [0.25, 0.3) is 11.8 Å². The Labute approximate surface area is 165 Å². The summed E-state index contributed by atoms with van der Waals surface area (Å²) in [6, 6.07) is -0.682. The van der Waals surface area contributed by atoms with Crippen molar-refractivity contribution in [1.29, 1.82) is 0 Å². The maximum atomic E-state index is 12.2. The Hall–Kier alpha value is -2.39. The molecule has 1 fully saturated rings. The molecular weight excluding hydrogens is 399 g/mol. The van der Waals surface area contributed by atoms with Crippen molar-refractivity contribution >= 4 is 52.8 Å². The van der Waals surface area contributed by atoms with Gasteiger partial charge in [-0.3, -0.25) is 19.3 Å². The lowest BCUT2D eigenvalue weighted by Gasteiger charge is -2.18. The third kappa shape index (κ3) is 4.48. The highest BCUT2D eigenvalue weighted by atomic mass is 35.5. The third-order valence-corrected chi connectivity index (χ3v) is 5.01. The zero-order chi connectivity index (χ0) is 20.4. The van der Waals surface area contributed by atoms with Gasteiger partial charge in [-0.25, -0.2) is 9.78 Å². The van der Waals surface area contributed by atoms with E-state index in [-0.39, 0.29) is 10.8 Å². The van der Waals surface area contributed by atoms with Crippen LogP contribution in [0.4, 0.5) is 10.6 Å². The summed E-state index contributed by atoms with van der Waals surface area (Å²) in [7, 11) is 0. The molecule has 9 nitrogen and oxygen atoms in total. The number of ether oxygens (including phenoxy) is 1. The predicted molar refractivity (Wildman–Crippen MR) is 97.5 cm³/mol. The number of anilines is 1. The van der Waals surface area contributed by atoms with Gasteiger partial charge >= 0.3 is 12.0 Å². The minimum absolute atomic E-state index is 0.0763. The summed E-state index contributed by atoms with van der Waals surface area (Å²) in [5.74, 6) is -2.04. The van der Waals surface area contributed by atoms with Crippen LogP contribution >= 0.6 is 23.2 Å². The number of urea groups is 1. The van der Waals surface area contributed by atoms with Crippen molar-refractivity contribution in [2.24, 2.45) is 0 Å². The maximum Gasteiger partial charge on any atom is 0.326 e. The minimum atomic E-state index is -1.05. The first-order valence-electron chi connectivity index (χ1n) is 7.99. The van der Waals surface area contributed by atoms with Crippen LogP contribution in [0.3, 0.4) is 0 Å². The van der Waals surface area contributed by atoms with E-state index in [1.54, 1.807) is 20.8 Å². The monoisotopic (exact) mass is 416 g/mol. The minimum Gasteiger partial charge on any atom is -0.454 e. The summed E-state index contributed by atoms with van der Waals surface area (Å²) in [6.07, 6.45) is 1.70. The van der Waals surface area contributed by atoms with Crippen LogP contribution in [0.1, 0.15) is 25.8 Å². The SMILES string of the molecule is CCC1(C)NC(=O)N(CC(=O)OCC(=O)Nc2ncc(Cl)c(C)c2Cl)C1=O. The summed E-state index contributed by atoms with van der Waals surface area (Å²) in [6.45, 7) is 3.74. The van der Waals surface area contributed by atoms with Crippen molar-refractivity contribution in [1.82, 2.24) is 15.2 Å². The number of nitrogens with one attached hydrogen (secondary N) is 2. The maximum absolute atomic E-state index is 12.2. The van der Waals surface area contributed by atoms with Crippen LogP contribution in [0.25, 0.3) is 0 Å². The number of halogens is 2. The van der Waals surface area contributed by atoms with Gasteiger partial charge in [-0.05, 0) is 25.8 Å². The van der Waals surface area contributed by atoms with E-state index in [2.05, 4.69) is 15.6 Å². The molecule has 1 unspecified atom stereocenters. The number of esters is 1. The topological polar surface area (TPSA) is 118 Å². The van der Waals surface area contributed by atoms with Crippen LogP contribution in [-0.2, 0) is 19.1 Å². The average Bonchev–Trinajstić information content (AvgIpc) is 2.84. The van der Waals surface area contributed by atoms with E-state index >= 15 is 0 Å². The van der Waals surface area contributed by atoms with E-state index in [1.807, 2.05) is 0 Å². The van der Waals surface area contributed by atoms with E-state index in [0.717, 1.165) is 4.90 Å². The summed E-state index contributed by atoms with van der Waals surface area (Å²) >= 11 is 11.9. The molecule has 2 N–H and O–H groups in total. The van der Waals surface area contributed by atoms with Gasteiger partial charge in [0, 0.05) is 6.20 Å². The van der Waals surface area contributed by atoms with Crippen LogP contribution in [0.15, 0.2) is 6.20 Å². The van der Waals surface area contributed by atoms with Gasteiger partial charge < -0.3 is 15.4 Å². The molecule has 0 bridgehead atoms. The van der Waals surface area contributed by atoms with Crippen molar-refractivity contribution in [2.45, 2.75) is 32.7 Å². The van der Waals surface area contributed by atoms with Crippen molar-refractivity contribution in [2.75, 3.05) is 18.5 Å². The number of pyridine rings is 1. The molecule has 1 saturated heterocycles. The molecule has 11 heteroatoms. The lowest BCUT2D eigenvalue weighted by Crippen LogP contribution is -2.43. The standard InChI is InChI=1S/C16H18Cl2N4O5/c1-4-16(3)14(25)22(15(26)21-16)6-11(24)27-7-10(23)20-13-12(18)8(2)9(17)5-19-13/h5H,4,6-7H2,1-3H3,(H,21,26)(H,19,20,23). The number of aromatic nitrogens is 1. The van der Waals surface area contributed by atoms with E-state index in [1.165, 1.54) is 6.20 Å². The van der Waals surface area contributed by atoms with E-state index in [9.17, 15) is 19.2 Å². The van der Waals surface area contributed by atoms with Gasteiger partial charge in [-0.2, -0.15) is 0 Å². The lowest BCUT2D eigenvalue weighted by molar-refractivity contribution is -0.150. The number of hydrogen-bond acceptors (Lipinski definition) is 6. The first-order chi connectivity index (χ1) is 12.6. The molecule has 2 heterocycles. The second-order valence-corrected chi connectivity index (χ2v) is 6.89. The van der Waals surface area contributed by atoms with E-state index < -0.39 is 42.5 Å². The Morgan fingerprint density at radius 1 is 1.37 bits per heavy atom. The Kier molecular flexibility index (Phi) is 6.27. The molecule has 27 heavy (non-hydrogen) atoms. The molecule has 1 aromatic heterocycles. The highest BCUT2D eigenvalue weighted by Gasteiger charge is 2.47. The quantitative estimate of drug-likeness (QED) is 0.539. The fourth-order valence-corrected chi connectivity index (χ4v) is 2.65. The molecule has 1 aliphatic rings. The summed E-state index contributed by atoms with van der Waals surface area (Å²) in [4.78, 5) is 52.5. The molecule has 1 aromatic rings. The third-order valence-electron chi connectivity index (χ3n) is 4.16. The number of carbonyl (C=O) groups is 4. The fourth-order valence-electron chi connectivity index (χ4n) is 2.26. The van der Waals surface area contributed by atoms with Gasteiger partial charge in [-0.1, -0.05) is 30.1 Å². The zero-order valence-corrected chi connectivity index (χ0v) is 16.4. The largest absolute Gasteiger partial charge is 0.454 e. The second-order valence-electron chi connectivity index (χ2n) is 6.11. The van der Waals surface area contributed by atoms with E-state index in [4.69, 9.17) is 27.9 Å². The fraction of sp³-hybridized carbons (Fsp3) is 0.438. The van der Waals surface area contributed by atoms with Gasteiger partial charge in [0.15, 0.2) is 12.4 Å². The molecule has 4 amide bonds. The lowest BCUT2D eigenvalue weighted by atomic mass is 9.99. The van der Waals surface area contributed by atoms with Crippen LogP contribution in [-0.4, -0.2) is 52.4 Å². The highest BCUT2D eigenvalue weighted by Crippen LogP contribution is 2.28. The van der Waals surface area contributed by atoms with Gasteiger partial charge in [-0.15, -0.1) is 0 Å². The molecule has 0 spiro atoms. The Morgan fingerprint density at radius 3 is 2.63 bits per heavy atom. The number of carbonyl (C=O) groups excluding carboxylic acids is 4. The second kappa shape index (κ2) is 8.10. The summed E-state index contributed by atoms with van der Waals surface area (Å²) in [5.41, 5.74) is -0.512. The number of amides is 4. The van der Waals surface area contributed by atoms with Crippen molar-refractivity contribution in [3.05, 3.63) is 21.8 Å². The molecule has 1 atom stereocenters. The number of imide groups is 1. The highest BCUT2D eigenvalue weighted by molar-refractivity contribution is 6.37. The number of nitrogens with zero attached hydrogens (tertiary/aromatic N) is 2. The molecule has 0 aromatic carbocycles. The Morgan fingerprint density at radius 2 is 2.04 bits per heavy atom. The normalized spacial score (nSPS) is 19.1. The summed E-state index contributed by atoms with van der Waals surface area (Å²) < 4.78 is 4.81. The van der Waals surface area contributed by atoms with Crippen molar-refractivity contribution < 1.29 is 23.9 Å². The molecule has 0 aliphatic carbocycles. The molecule has 0 saturated carbocycles. The van der Waals surface area contributed by atoms with Gasteiger partial charge in [0.2, 0.25) is 0 Å². The van der Waals surface area contributed by atoms with Gasteiger partial charge in [0.05, 0.1) is 10.0 Å². The van der Waals surface area contributed by atoms with Crippen molar-refractivity contribution in [3.63, 3.8) is 0 Å². The van der Waals surface area contributed by atoms with Gasteiger partial charge in [0.1, 0.15) is 12.1 Å². The molecule has 1 aliphatic heterocycles. The van der Waals surface area contributed by atoms with Crippen LogP contribution in [0.2, 0.25) is 10.0 Å². The molecule has 146 valence electrons. The molecular formula is C16H18Cl2N4O5. The van der Waals surface area contributed by atoms with E-state index in [0.29, 0.717) is 17.0 Å². The Balaban J connectivity index is 1.89.